The van der Waals surface area contributed by atoms with Crippen molar-refractivity contribution in [2.24, 2.45) is 0 Å². The van der Waals surface area contributed by atoms with Crippen LogP contribution in [0.4, 0.5) is 5.69 Å². The van der Waals surface area contributed by atoms with E-state index in [4.69, 9.17) is 9.72 Å². The van der Waals surface area contributed by atoms with Crippen LogP contribution in [0.1, 0.15) is 36.9 Å². The molecule has 0 unspecified atom stereocenters. The van der Waals surface area contributed by atoms with E-state index in [0.29, 0.717) is 13.0 Å². The standard InChI is InChI=1S/C27H29N3O3/c1-19(31)28-23-8-3-6-21(17-23)25-9-4-10-26(29-25)22-7-5-15-30(18-22)27(32)16-20-11-13-24(33-2)14-12-20/h3-4,6,8-14,17,22H,5,7,15-16,18H2,1-2H3,(H,28,31)/t22-/m0/s1. The Kier molecular flexibility index (Phi) is 7.03. The van der Waals surface area contributed by atoms with E-state index in [-0.39, 0.29) is 17.7 Å². The van der Waals surface area contributed by atoms with Gasteiger partial charge in [0.1, 0.15) is 5.75 Å². The Labute approximate surface area is 194 Å². The fraction of sp³-hybridized carbons (Fsp3) is 0.296. The highest BCUT2D eigenvalue weighted by molar-refractivity contribution is 5.89. The van der Waals surface area contributed by atoms with Gasteiger partial charge in [-0.15, -0.1) is 0 Å². The number of carbonyl (C=O) groups is 2. The van der Waals surface area contributed by atoms with Crippen LogP contribution in [0.2, 0.25) is 0 Å². The average molecular weight is 444 g/mol. The minimum absolute atomic E-state index is 0.101. The lowest BCUT2D eigenvalue weighted by molar-refractivity contribution is -0.131. The minimum Gasteiger partial charge on any atom is -0.497 e. The lowest BCUT2D eigenvalue weighted by atomic mass is 9.93. The molecule has 2 aromatic carbocycles. The molecule has 33 heavy (non-hydrogen) atoms. The lowest BCUT2D eigenvalue weighted by Gasteiger charge is -2.32. The summed E-state index contributed by atoms with van der Waals surface area (Å²) in [6.45, 7) is 2.96. The van der Waals surface area contributed by atoms with Gasteiger partial charge in [-0.3, -0.25) is 14.6 Å². The van der Waals surface area contributed by atoms with E-state index >= 15 is 0 Å². The Morgan fingerprint density at radius 3 is 2.64 bits per heavy atom. The Morgan fingerprint density at radius 2 is 1.88 bits per heavy atom. The topological polar surface area (TPSA) is 71.5 Å². The maximum Gasteiger partial charge on any atom is 0.227 e. The highest BCUT2D eigenvalue weighted by atomic mass is 16.5. The molecule has 1 aliphatic heterocycles. The number of amides is 2. The van der Waals surface area contributed by atoms with Gasteiger partial charge in [-0.2, -0.15) is 0 Å². The van der Waals surface area contributed by atoms with Gasteiger partial charge in [0.15, 0.2) is 0 Å². The summed E-state index contributed by atoms with van der Waals surface area (Å²) < 4.78 is 5.20. The average Bonchev–Trinajstić information content (AvgIpc) is 2.84. The highest BCUT2D eigenvalue weighted by Gasteiger charge is 2.26. The van der Waals surface area contributed by atoms with Crippen LogP contribution in [0.3, 0.4) is 0 Å². The molecule has 4 rings (SSSR count). The smallest absolute Gasteiger partial charge is 0.227 e. The van der Waals surface area contributed by atoms with E-state index in [1.807, 2.05) is 71.6 Å². The van der Waals surface area contributed by atoms with Crippen molar-refractivity contribution < 1.29 is 14.3 Å². The zero-order valence-electron chi connectivity index (χ0n) is 19.1. The number of hydrogen-bond acceptors (Lipinski definition) is 4. The minimum atomic E-state index is -0.101. The summed E-state index contributed by atoms with van der Waals surface area (Å²) in [5, 5.41) is 2.82. The third-order valence-electron chi connectivity index (χ3n) is 5.96. The first kappa shape index (κ1) is 22.5. The van der Waals surface area contributed by atoms with Gasteiger partial charge in [-0.05, 0) is 54.8 Å². The van der Waals surface area contributed by atoms with Crippen LogP contribution in [0, 0.1) is 0 Å². The summed E-state index contributed by atoms with van der Waals surface area (Å²) in [5.41, 5.74) is 4.55. The van der Waals surface area contributed by atoms with Crippen molar-refractivity contribution in [3.63, 3.8) is 0 Å². The van der Waals surface area contributed by atoms with E-state index in [9.17, 15) is 9.59 Å². The molecule has 0 radical (unpaired) electrons. The molecule has 170 valence electrons. The third kappa shape index (κ3) is 5.77. The number of nitrogens with zero attached hydrogens (tertiary/aromatic N) is 2. The van der Waals surface area contributed by atoms with Gasteiger partial charge < -0.3 is 15.0 Å². The predicted molar refractivity (Wildman–Crippen MR) is 129 cm³/mol. The molecule has 1 aliphatic rings. The van der Waals surface area contributed by atoms with Crippen LogP contribution >= 0.6 is 0 Å². The maximum absolute atomic E-state index is 13.0. The van der Waals surface area contributed by atoms with E-state index in [1.165, 1.54) is 6.92 Å². The molecule has 1 atom stereocenters. The maximum atomic E-state index is 13.0. The molecule has 6 nitrogen and oxygen atoms in total. The summed E-state index contributed by atoms with van der Waals surface area (Å²) in [7, 11) is 1.64. The number of rotatable bonds is 6. The molecule has 3 aromatic rings. The molecule has 1 aromatic heterocycles. The first-order valence-corrected chi connectivity index (χ1v) is 11.3. The number of ether oxygens (including phenoxy) is 1. The number of carbonyl (C=O) groups excluding carboxylic acids is 2. The zero-order valence-corrected chi connectivity index (χ0v) is 19.1. The van der Waals surface area contributed by atoms with Crippen LogP contribution in [0.15, 0.2) is 66.7 Å². The molecule has 6 heteroatoms. The SMILES string of the molecule is COc1ccc(CC(=O)N2CCC[C@H](c3cccc(-c4cccc(NC(C)=O)c4)n3)C2)cc1. The number of pyridine rings is 1. The van der Waals surface area contributed by atoms with E-state index < -0.39 is 0 Å². The van der Waals surface area contributed by atoms with E-state index in [1.54, 1.807) is 7.11 Å². The summed E-state index contributed by atoms with van der Waals surface area (Å²) in [4.78, 5) is 31.2. The summed E-state index contributed by atoms with van der Waals surface area (Å²) in [6, 6.07) is 21.4. The Bertz CT molecular complexity index is 1130. The van der Waals surface area contributed by atoms with Crippen LogP contribution in [-0.2, 0) is 16.0 Å². The number of piperidine rings is 1. The predicted octanol–water partition coefficient (Wildman–Crippen LogP) is 4.66. The summed E-state index contributed by atoms with van der Waals surface area (Å²) in [5.74, 6) is 1.04. The fourth-order valence-electron chi connectivity index (χ4n) is 4.27. The van der Waals surface area contributed by atoms with Crippen molar-refractivity contribution in [1.29, 1.82) is 0 Å². The largest absolute Gasteiger partial charge is 0.497 e. The van der Waals surface area contributed by atoms with Gasteiger partial charge in [0.05, 0.1) is 19.2 Å². The second-order valence-electron chi connectivity index (χ2n) is 8.41. The van der Waals surface area contributed by atoms with Gasteiger partial charge in [0.2, 0.25) is 11.8 Å². The van der Waals surface area contributed by atoms with Crippen molar-refractivity contribution in [2.75, 3.05) is 25.5 Å². The Morgan fingerprint density at radius 1 is 1.09 bits per heavy atom. The van der Waals surface area contributed by atoms with Crippen molar-refractivity contribution in [3.05, 3.63) is 78.0 Å². The van der Waals surface area contributed by atoms with Crippen LogP contribution in [-0.4, -0.2) is 41.9 Å². The van der Waals surface area contributed by atoms with Gasteiger partial charge in [-0.1, -0.05) is 30.3 Å². The highest BCUT2D eigenvalue weighted by Crippen LogP contribution is 2.29. The number of likely N-dealkylation sites (tertiary alicyclic amines) is 1. The molecule has 0 spiro atoms. The summed E-state index contributed by atoms with van der Waals surface area (Å²) in [6.07, 6.45) is 2.36. The zero-order chi connectivity index (χ0) is 23.2. The van der Waals surface area contributed by atoms with Crippen molar-refractivity contribution >= 4 is 17.5 Å². The second kappa shape index (κ2) is 10.3. The van der Waals surface area contributed by atoms with Gasteiger partial charge >= 0.3 is 0 Å². The molecule has 0 saturated carbocycles. The van der Waals surface area contributed by atoms with Crippen molar-refractivity contribution in [1.82, 2.24) is 9.88 Å². The van der Waals surface area contributed by atoms with Crippen LogP contribution in [0.5, 0.6) is 5.75 Å². The second-order valence-corrected chi connectivity index (χ2v) is 8.41. The lowest BCUT2D eigenvalue weighted by Crippen LogP contribution is -2.40. The van der Waals surface area contributed by atoms with Crippen LogP contribution < -0.4 is 10.1 Å². The first-order valence-electron chi connectivity index (χ1n) is 11.3. The molecular weight excluding hydrogens is 414 g/mol. The molecule has 1 N–H and O–H groups in total. The van der Waals surface area contributed by atoms with Gasteiger partial charge in [-0.25, -0.2) is 0 Å². The molecule has 2 amide bonds. The molecule has 0 bridgehead atoms. The van der Waals surface area contributed by atoms with Crippen molar-refractivity contribution in [3.8, 4) is 17.0 Å². The van der Waals surface area contributed by atoms with Gasteiger partial charge in [0.25, 0.3) is 0 Å². The van der Waals surface area contributed by atoms with E-state index in [2.05, 4.69) is 5.32 Å². The molecule has 2 heterocycles. The quantitative estimate of drug-likeness (QED) is 0.601. The fourth-order valence-corrected chi connectivity index (χ4v) is 4.27. The number of anilines is 1. The molecule has 0 aliphatic carbocycles. The number of nitrogens with one attached hydrogen (secondary N) is 1. The normalized spacial score (nSPS) is 15.7. The van der Waals surface area contributed by atoms with Crippen molar-refractivity contribution in [2.45, 2.75) is 32.1 Å². The number of benzene rings is 2. The number of hydrogen-bond donors (Lipinski definition) is 1. The number of aromatic nitrogens is 1. The molecule has 1 saturated heterocycles. The van der Waals surface area contributed by atoms with E-state index in [0.717, 1.165) is 53.3 Å². The van der Waals surface area contributed by atoms with Crippen LogP contribution in [0.25, 0.3) is 11.3 Å². The number of methoxy groups -OCH3 is 1. The Hall–Kier alpha value is -3.67. The van der Waals surface area contributed by atoms with Gasteiger partial charge in [0, 0.05) is 42.9 Å². The molecular formula is C27H29N3O3. The molecule has 1 fully saturated rings. The Balaban J connectivity index is 1.46. The summed E-state index contributed by atoms with van der Waals surface area (Å²) >= 11 is 0. The first-order chi connectivity index (χ1) is 16.0. The monoisotopic (exact) mass is 443 g/mol. The third-order valence-corrected chi connectivity index (χ3v) is 5.96.